The van der Waals surface area contributed by atoms with E-state index in [9.17, 15) is 13.6 Å². The minimum atomic E-state index is -0.826. The van der Waals surface area contributed by atoms with Gasteiger partial charge in [-0.15, -0.1) is 0 Å². The molecule has 1 aromatic carbocycles. The molecule has 1 aromatic rings. The Bertz CT molecular complexity index is 605. The van der Waals surface area contributed by atoms with Crippen LogP contribution in [0.1, 0.15) is 48.3 Å². The number of aldehydes is 1. The molecule has 0 radical (unpaired) electrons. The van der Waals surface area contributed by atoms with Gasteiger partial charge in [0.05, 0.1) is 6.61 Å². The lowest BCUT2D eigenvalue weighted by Gasteiger charge is -2.18. The lowest BCUT2D eigenvalue weighted by molar-refractivity contribution is -0.112. The first-order valence-corrected chi connectivity index (χ1v) is 7.27. The van der Waals surface area contributed by atoms with E-state index in [0.717, 1.165) is 43.1 Å². The number of carbonyl (C=O) groups is 1. The Morgan fingerprint density at radius 1 is 1.20 bits per heavy atom. The number of carbonyl (C=O) groups excluding carboxylic acids is 1. The predicted molar refractivity (Wildman–Crippen MR) is 69.0 cm³/mol. The summed E-state index contributed by atoms with van der Waals surface area (Å²) in [5.74, 6) is -1.26. The second-order valence-electron chi connectivity index (χ2n) is 6.35. The number of halogens is 2. The van der Waals surface area contributed by atoms with Crippen LogP contribution in [-0.4, -0.2) is 12.9 Å². The Morgan fingerprint density at radius 2 is 2.00 bits per heavy atom. The smallest absolute Gasteiger partial charge is 0.201 e. The zero-order valence-corrected chi connectivity index (χ0v) is 11.2. The molecule has 0 amide bonds. The highest BCUT2D eigenvalue weighted by Gasteiger charge is 2.46. The molecule has 1 saturated carbocycles. The summed E-state index contributed by atoms with van der Waals surface area (Å²) in [5.41, 5.74) is 2.13. The summed E-state index contributed by atoms with van der Waals surface area (Å²) in [7, 11) is 0. The minimum Gasteiger partial charge on any atom is -0.490 e. The van der Waals surface area contributed by atoms with E-state index in [0.29, 0.717) is 25.0 Å². The zero-order chi connectivity index (χ0) is 13.9. The molecule has 0 bridgehead atoms. The van der Waals surface area contributed by atoms with E-state index in [1.54, 1.807) is 0 Å². The molecule has 4 heteroatoms. The van der Waals surface area contributed by atoms with Gasteiger partial charge in [0.2, 0.25) is 5.82 Å². The normalized spacial score (nSPS) is 25.0. The van der Waals surface area contributed by atoms with Crippen LogP contribution in [0, 0.1) is 17.0 Å². The average Bonchev–Trinajstić information content (AvgIpc) is 2.86. The minimum absolute atomic E-state index is 0.115. The van der Waals surface area contributed by atoms with Crippen LogP contribution in [0.15, 0.2) is 0 Å². The molecule has 2 aliphatic carbocycles. The lowest BCUT2D eigenvalue weighted by Crippen LogP contribution is -2.09. The third-order valence-corrected chi connectivity index (χ3v) is 5.13. The fourth-order valence-corrected chi connectivity index (χ4v) is 3.87. The molecule has 1 atom stereocenters. The summed E-state index contributed by atoms with van der Waals surface area (Å²) in [6.07, 6.45) is 5.75. The Balaban J connectivity index is 1.79. The topological polar surface area (TPSA) is 26.3 Å². The number of ether oxygens (including phenoxy) is 1. The third kappa shape index (κ3) is 1.57. The van der Waals surface area contributed by atoms with E-state index in [-0.39, 0.29) is 17.1 Å². The maximum Gasteiger partial charge on any atom is 0.201 e. The van der Waals surface area contributed by atoms with E-state index in [1.165, 1.54) is 0 Å². The van der Waals surface area contributed by atoms with E-state index in [1.807, 2.05) is 0 Å². The van der Waals surface area contributed by atoms with Crippen LogP contribution in [0.4, 0.5) is 8.78 Å². The summed E-state index contributed by atoms with van der Waals surface area (Å²) >= 11 is 0. The quantitative estimate of drug-likeness (QED) is 0.793. The van der Waals surface area contributed by atoms with Crippen molar-refractivity contribution in [1.29, 1.82) is 0 Å². The Labute approximate surface area is 116 Å². The Hall–Kier alpha value is -1.45. The summed E-state index contributed by atoms with van der Waals surface area (Å²) in [4.78, 5) is 11.2. The highest BCUT2D eigenvalue weighted by Crippen LogP contribution is 2.55. The molecular formula is C16H16F2O2. The number of hydrogen-bond acceptors (Lipinski definition) is 2. The van der Waals surface area contributed by atoms with Crippen LogP contribution < -0.4 is 4.74 Å². The molecule has 1 heterocycles. The van der Waals surface area contributed by atoms with E-state index >= 15 is 0 Å². The average molecular weight is 278 g/mol. The molecule has 0 N–H and O–H groups in total. The molecule has 20 heavy (non-hydrogen) atoms. The maximum atomic E-state index is 14.1. The summed E-state index contributed by atoms with van der Waals surface area (Å²) in [5, 5.41) is 0. The lowest BCUT2D eigenvalue weighted by atomic mass is 9.85. The first-order valence-electron chi connectivity index (χ1n) is 7.27. The van der Waals surface area contributed by atoms with Crippen LogP contribution >= 0.6 is 0 Å². The van der Waals surface area contributed by atoms with Crippen LogP contribution in [-0.2, 0) is 17.6 Å². The van der Waals surface area contributed by atoms with Crippen molar-refractivity contribution in [3.8, 4) is 5.75 Å². The molecule has 1 unspecified atom stereocenters. The van der Waals surface area contributed by atoms with Gasteiger partial charge >= 0.3 is 0 Å². The summed E-state index contributed by atoms with van der Waals surface area (Å²) in [6.45, 7) is 0.424. The SMILES string of the molecule is O=CC1(CC2CCc3c(F)c(F)c4c(c32)CCO4)CC1. The van der Waals surface area contributed by atoms with Gasteiger partial charge in [-0.3, -0.25) is 0 Å². The van der Waals surface area contributed by atoms with Crippen molar-refractivity contribution >= 4 is 6.29 Å². The molecule has 1 fully saturated rings. The third-order valence-electron chi connectivity index (χ3n) is 5.13. The predicted octanol–water partition coefficient (Wildman–Crippen LogP) is 3.30. The Kier molecular flexibility index (Phi) is 2.48. The molecule has 0 aromatic heterocycles. The number of benzene rings is 1. The molecule has 0 saturated heterocycles. The van der Waals surface area contributed by atoms with Gasteiger partial charge in [0.1, 0.15) is 6.29 Å². The molecule has 4 rings (SSSR count). The number of fused-ring (bicyclic) bond motifs is 3. The number of rotatable bonds is 3. The van der Waals surface area contributed by atoms with Crippen molar-refractivity contribution in [2.75, 3.05) is 6.61 Å². The first-order chi connectivity index (χ1) is 9.65. The van der Waals surface area contributed by atoms with Crippen LogP contribution in [0.25, 0.3) is 0 Å². The fourth-order valence-electron chi connectivity index (χ4n) is 3.87. The summed E-state index contributed by atoms with van der Waals surface area (Å²) in [6, 6.07) is 0. The van der Waals surface area contributed by atoms with Gasteiger partial charge in [-0.2, -0.15) is 4.39 Å². The molecule has 1 aliphatic heterocycles. The molecule has 0 spiro atoms. The molecule has 2 nitrogen and oxygen atoms in total. The van der Waals surface area contributed by atoms with Crippen molar-refractivity contribution < 1.29 is 18.3 Å². The van der Waals surface area contributed by atoms with Crippen LogP contribution in [0.2, 0.25) is 0 Å². The summed E-state index contributed by atoms with van der Waals surface area (Å²) < 4.78 is 33.4. The second-order valence-corrected chi connectivity index (χ2v) is 6.35. The van der Waals surface area contributed by atoms with Crippen LogP contribution in [0.3, 0.4) is 0 Å². The monoisotopic (exact) mass is 278 g/mol. The van der Waals surface area contributed by atoms with E-state index in [2.05, 4.69) is 0 Å². The van der Waals surface area contributed by atoms with E-state index < -0.39 is 11.6 Å². The van der Waals surface area contributed by atoms with E-state index in [4.69, 9.17) is 4.74 Å². The largest absolute Gasteiger partial charge is 0.490 e. The number of hydrogen-bond donors (Lipinski definition) is 0. The van der Waals surface area contributed by atoms with Crippen molar-refractivity contribution in [3.63, 3.8) is 0 Å². The van der Waals surface area contributed by atoms with Gasteiger partial charge in [-0.1, -0.05) is 0 Å². The molecule has 106 valence electrons. The van der Waals surface area contributed by atoms with Gasteiger partial charge in [-0.25, -0.2) is 4.39 Å². The van der Waals surface area contributed by atoms with Crippen molar-refractivity contribution in [2.45, 2.75) is 44.4 Å². The van der Waals surface area contributed by atoms with Gasteiger partial charge in [0, 0.05) is 17.4 Å². The van der Waals surface area contributed by atoms with Gasteiger partial charge in [0.25, 0.3) is 0 Å². The highest BCUT2D eigenvalue weighted by atomic mass is 19.2. The Morgan fingerprint density at radius 3 is 2.70 bits per heavy atom. The first kappa shape index (κ1) is 12.3. The standard InChI is InChI=1S/C16H16F2O2/c17-13-10-2-1-9(7-16(8-19)4-5-16)12(10)11-3-6-20-15(11)14(13)18/h8-9H,1-7H2. The molecular weight excluding hydrogens is 262 g/mol. The van der Waals surface area contributed by atoms with Crippen molar-refractivity contribution in [3.05, 3.63) is 28.3 Å². The second kappa shape index (κ2) is 4.03. The maximum absolute atomic E-state index is 14.1. The van der Waals surface area contributed by atoms with Gasteiger partial charge < -0.3 is 9.53 Å². The van der Waals surface area contributed by atoms with Gasteiger partial charge in [-0.05, 0) is 49.1 Å². The van der Waals surface area contributed by atoms with Crippen LogP contribution in [0.5, 0.6) is 5.75 Å². The zero-order valence-electron chi connectivity index (χ0n) is 11.2. The fraction of sp³-hybridized carbons (Fsp3) is 0.562. The van der Waals surface area contributed by atoms with Gasteiger partial charge in [0.15, 0.2) is 11.6 Å². The van der Waals surface area contributed by atoms with Crippen molar-refractivity contribution in [2.24, 2.45) is 5.41 Å². The molecule has 3 aliphatic rings. The highest BCUT2D eigenvalue weighted by molar-refractivity contribution is 5.64. The van der Waals surface area contributed by atoms with Crippen molar-refractivity contribution in [1.82, 2.24) is 0 Å².